The molecule has 3 N–H and O–H groups in total. The summed E-state index contributed by atoms with van der Waals surface area (Å²) in [7, 11) is 0. The van der Waals surface area contributed by atoms with E-state index in [1.54, 1.807) is 31.2 Å². The molecule has 3 aromatic rings. The van der Waals surface area contributed by atoms with E-state index in [1.807, 2.05) is 56.3 Å². The highest BCUT2D eigenvalue weighted by atomic mass is 32.2. The van der Waals surface area contributed by atoms with Gasteiger partial charge in [0, 0.05) is 28.2 Å². The first-order valence-corrected chi connectivity index (χ1v) is 13.0. The molecule has 1 heterocycles. The average Bonchev–Trinajstić information content (AvgIpc) is 2.90. The molecule has 0 saturated carbocycles. The second-order valence-corrected chi connectivity index (χ2v) is 9.88. The molecule has 0 bridgehead atoms. The van der Waals surface area contributed by atoms with Crippen molar-refractivity contribution in [1.29, 1.82) is 5.26 Å². The summed E-state index contributed by atoms with van der Waals surface area (Å²) in [4.78, 5) is 26.3. The van der Waals surface area contributed by atoms with Crippen LogP contribution in [0.5, 0.6) is 0 Å². The molecular formula is C30H27FN4O2S. The molecule has 0 aromatic heterocycles. The number of rotatable bonds is 7. The van der Waals surface area contributed by atoms with E-state index in [-0.39, 0.29) is 28.4 Å². The van der Waals surface area contributed by atoms with Crippen molar-refractivity contribution in [3.63, 3.8) is 0 Å². The Kier molecular flexibility index (Phi) is 8.29. The van der Waals surface area contributed by atoms with Crippen molar-refractivity contribution < 1.29 is 14.0 Å². The van der Waals surface area contributed by atoms with Gasteiger partial charge in [0.25, 0.3) is 5.91 Å². The number of hydrogen-bond acceptors (Lipinski definition) is 5. The number of amides is 2. The van der Waals surface area contributed by atoms with E-state index < -0.39 is 17.6 Å². The first kappa shape index (κ1) is 26.7. The summed E-state index contributed by atoms with van der Waals surface area (Å²) in [6.45, 7) is 5.49. The van der Waals surface area contributed by atoms with Gasteiger partial charge in [-0.15, -0.1) is 0 Å². The van der Waals surface area contributed by atoms with E-state index in [0.29, 0.717) is 22.1 Å². The molecule has 6 nitrogen and oxygen atoms in total. The SMILES string of the molecule is CC1=C(C(=O)Nc2ccccc2C)C(c2ccccc2F)C(C#N)=C(SCC(=O)Nc2ccccc2C)N1. The minimum absolute atomic E-state index is 0.0177. The fraction of sp³-hybridized carbons (Fsp3) is 0.167. The lowest BCUT2D eigenvalue weighted by Gasteiger charge is -2.30. The van der Waals surface area contributed by atoms with Crippen LogP contribution in [0.15, 0.2) is 94.7 Å². The monoisotopic (exact) mass is 526 g/mol. The van der Waals surface area contributed by atoms with E-state index in [2.05, 4.69) is 22.0 Å². The third kappa shape index (κ3) is 5.79. The first-order valence-electron chi connectivity index (χ1n) is 12.0. The van der Waals surface area contributed by atoms with Gasteiger partial charge in [0.2, 0.25) is 5.91 Å². The molecule has 0 spiro atoms. The quantitative estimate of drug-likeness (QED) is 0.343. The largest absolute Gasteiger partial charge is 0.353 e. The lowest BCUT2D eigenvalue weighted by molar-refractivity contribution is -0.114. The standard InChI is InChI=1S/C30H27FN4O2S/c1-18-10-4-8-14-24(18)34-26(36)17-38-30-22(16-32)28(21-12-6-7-13-23(21)31)27(20(3)33-30)29(37)35-25-15-9-5-11-19(25)2/h4-15,28,33H,17H2,1-3H3,(H,34,36)(H,35,37). The molecule has 1 aliphatic rings. The number of carbonyl (C=O) groups is 2. The van der Waals surface area contributed by atoms with Crippen molar-refractivity contribution in [2.24, 2.45) is 0 Å². The summed E-state index contributed by atoms with van der Waals surface area (Å²) in [5.41, 5.74) is 4.24. The summed E-state index contributed by atoms with van der Waals surface area (Å²) in [5.74, 6) is -2.14. The highest BCUT2D eigenvalue weighted by Crippen LogP contribution is 2.42. The van der Waals surface area contributed by atoms with Crippen molar-refractivity contribution in [3.05, 3.63) is 117 Å². The second kappa shape index (κ2) is 11.8. The Morgan fingerprint density at radius 3 is 2.11 bits per heavy atom. The fourth-order valence-corrected chi connectivity index (χ4v) is 5.18. The van der Waals surface area contributed by atoms with Crippen LogP contribution in [0.2, 0.25) is 0 Å². The Morgan fingerprint density at radius 1 is 0.921 bits per heavy atom. The summed E-state index contributed by atoms with van der Waals surface area (Å²) in [6.07, 6.45) is 0. The number of carbonyl (C=O) groups excluding carboxylic acids is 2. The van der Waals surface area contributed by atoms with Crippen molar-refractivity contribution in [2.75, 3.05) is 16.4 Å². The number of nitrogens with one attached hydrogen (secondary N) is 3. The molecule has 3 aromatic carbocycles. The van der Waals surface area contributed by atoms with Gasteiger partial charge in [-0.25, -0.2) is 4.39 Å². The third-order valence-corrected chi connectivity index (χ3v) is 7.29. The predicted octanol–water partition coefficient (Wildman–Crippen LogP) is 6.15. The van der Waals surface area contributed by atoms with Crippen LogP contribution in [-0.4, -0.2) is 17.6 Å². The molecule has 0 aliphatic carbocycles. The fourth-order valence-electron chi connectivity index (χ4n) is 4.29. The Bertz CT molecular complexity index is 1510. The zero-order valence-electron chi connectivity index (χ0n) is 21.3. The molecule has 2 amide bonds. The lowest BCUT2D eigenvalue weighted by atomic mass is 9.82. The number of halogens is 1. The van der Waals surface area contributed by atoms with E-state index in [1.165, 1.54) is 6.07 Å². The molecule has 0 fully saturated rings. The van der Waals surface area contributed by atoms with Crippen molar-refractivity contribution in [1.82, 2.24) is 5.32 Å². The Labute approximate surface area is 225 Å². The number of hydrogen-bond donors (Lipinski definition) is 3. The van der Waals surface area contributed by atoms with Crippen LogP contribution in [0.4, 0.5) is 15.8 Å². The van der Waals surface area contributed by atoms with Crippen molar-refractivity contribution >= 4 is 35.0 Å². The van der Waals surface area contributed by atoms with Crippen LogP contribution in [0, 0.1) is 31.0 Å². The van der Waals surface area contributed by atoms with Gasteiger partial charge < -0.3 is 16.0 Å². The van der Waals surface area contributed by atoms with E-state index in [4.69, 9.17) is 0 Å². The van der Waals surface area contributed by atoms with Crippen LogP contribution in [-0.2, 0) is 9.59 Å². The summed E-state index contributed by atoms with van der Waals surface area (Å²) >= 11 is 1.14. The number of thioether (sulfide) groups is 1. The highest BCUT2D eigenvalue weighted by Gasteiger charge is 2.36. The van der Waals surface area contributed by atoms with Gasteiger partial charge in [-0.1, -0.05) is 66.4 Å². The summed E-state index contributed by atoms with van der Waals surface area (Å²) in [6, 6.07) is 23.1. The van der Waals surface area contributed by atoms with E-state index >= 15 is 4.39 Å². The molecular weight excluding hydrogens is 499 g/mol. The van der Waals surface area contributed by atoms with Gasteiger partial charge in [0.15, 0.2) is 0 Å². The van der Waals surface area contributed by atoms with Crippen LogP contribution in [0.3, 0.4) is 0 Å². The van der Waals surface area contributed by atoms with Gasteiger partial charge in [-0.2, -0.15) is 5.26 Å². The molecule has 1 atom stereocenters. The van der Waals surface area contributed by atoms with E-state index in [9.17, 15) is 14.9 Å². The minimum Gasteiger partial charge on any atom is -0.353 e. The smallest absolute Gasteiger partial charge is 0.254 e. The molecule has 1 aliphatic heterocycles. The normalized spacial score (nSPS) is 15.0. The van der Waals surface area contributed by atoms with E-state index in [0.717, 1.165) is 22.9 Å². The van der Waals surface area contributed by atoms with Crippen LogP contribution >= 0.6 is 11.8 Å². The Hall–Kier alpha value is -4.35. The maximum atomic E-state index is 15.1. The number of benzene rings is 3. The van der Waals surface area contributed by atoms with Crippen molar-refractivity contribution in [2.45, 2.75) is 26.7 Å². The number of anilines is 2. The number of nitrogens with zero attached hydrogens (tertiary/aromatic N) is 1. The maximum Gasteiger partial charge on any atom is 0.254 e. The Morgan fingerprint density at radius 2 is 1.50 bits per heavy atom. The topological polar surface area (TPSA) is 94.0 Å². The summed E-state index contributed by atoms with van der Waals surface area (Å²) < 4.78 is 15.1. The second-order valence-electron chi connectivity index (χ2n) is 8.89. The lowest BCUT2D eigenvalue weighted by Crippen LogP contribution is -2.31. The molecule has 38 heavy (non-hydrogen) atoms. The van der Waals surface area contributed by atoms with Gasteiger partial charge in [-0.3, -0.25) is 9.59 Å². The van der Waals surface area contributed by atoms with Crippen LogP contribution in [0.1, 0.15) is 29.5 Å². The zero-order chi connectivity index (χ0) is 27.2. The highest BCUT2D eigenvalue weighted by molar-refractivity contribution is 8.03. The average molecular weight is 527 g/mol. The van der Waals surface area contributed by atoms with Crippen LogP contribution < -0.4 is 16.0 Å². The Balaban J connectivity index is 1.66. The van der Waals surface area contributed by atoms with Gasteiger partial charge >= 0.3 is 0 Å². The number of allylic oxidation sites excluding steroid dienone is 2. The van der Waals surface area contributed by atoms with Gasteiger partial charge in [-0.05, 0) is 50.1 Å². The number of nitriles is 1. The van der Waals surface area contributed by atoms with Crippen LogP contribution in [0.25, 0.3) is 0 Å². The third-order valence-electron chi connectivity index (χ3n) is 6.27. The maximum absolute atomic E-state index is 15.1. The van der Waals surface area contributed by atoms with Gasteiger partial charge in [0.05, 0.1) is 28.3 Å². The molecule has 4 rings (SSSR count). The minimum atomic E-state index is -0.951. The molecule has 1 unspecified atom stereocenters. The van der Waals surface area contributed by atoms with Crippen molar-refractivity contribution in [3.8, 4) is 6.07 Å². The predicted molar refractivity (Wildman–Crippen MR) is 150 cm³/mol. The molecule has 0 radical (unpaired) electrons. The number of para-hydroxylation sites is 2. The summed E-state index contributed by atoms with van der Waals surface area (Å²) in [5, 5.41) is 19.5. The number of aryl methyl sites for hydroxylation is 2. The zero-order valence-corrected chi connectivity index (χ0v) is 22.1. The number of dihydropyridines is 1. The first-order chi connectivity index (χ1) is 18.3. The molecule has 8 heteroatoms. The molecule has 192 valence electrons. The molecule has 0 saturated heterocycles. The van der Waals surface area contributed by atoms with Gasteiger partial charge in [0.1, 0.15) is 5.82 Å².